The van der Waals surface area contributed by atoms with Gasteiger partial charge in [0.15, 0.2) is 0 Å². The van der Waals surface area contributed by atoms with Crippen LogP contribution >= 0.6 is 0 Å². The van der Waals surface area contributed by atoms with E-state index in [2.05, 4.69) is 0 Å². The van der Waals surface area contributed by atoms with E-state index < -0.39 is 5.97 Å². The van der Waals surface area contributed by atoms with Crippen molar-refractivity contribution in [1.82, 2.24) is 0 Å². The van der Waals surface area contributed by atoms with Gasteiger partial charge in [-0.05, 0) is 13.8 Å². The maximum atomic E-state index is 9.00. The van der Waals surface area contributed by atoms with Crippen LogP contribution in [0, 0.1) is 0 Å². The standard InChI is InChI=1S/C3H8O.C2H4O2.HI.Na/c1-3(2)4;1-2(3)4;;/h3-4H,1-2H3;1H3,(H,3,4);1H;/q;;;+1/p-1. The molecule has 5 heteroatoms. The normalized spacial score (nSPS) is 6.10. The third-order valence-electron chi connectivity index (χ3n) is 0. The molecule has 0 radical (unpaired) electrons. The number of hydrogen-bond acceptors (Lipinski definition) is 2. The Labute approximate surface area is 101 Å². The van der Waals surface area contributed by atoms with Crippen molar-refractivity contribution in [3.05, 3.63) is 0 Å². The molecule has 0 saturated carbocycles. The molecule has 0 heterocycles. The zero-order valence-electron chi connectivity index (χ0n) is 6.76. The second-order valence-electron chi connectivity index (χ2n) is 1.61. The predicted molar refractivity (Wildman–Crippen MR) is 30.7 cm³/mol. The number of aliphatic carboxylic acids is 1. The molecule has 0 rings (SSSR count). The molecule has 0 atom stereocenters. The molecule has 0 aliphatic heterocycles. The molecule has 0 aromatic carbocycles. The van der Waals surface area contributed by atoms with E-state index in [1.165, 1.54) is 0 Å². The van der Waals surface area contributed by atoms with Gasteiger partial charge in [-0.2, -0.15) is 0 Å². The third kappa shape index (κ3) is 453. The SMILES string of the molecule is CC(=O)O.CC(C)O.[I-].[Na+]. The number of carboxylic acid groups (broad SMARTS) is 1. The molecule has 0 saturated heterocycles. The van der Waals surface area contributed by atoms with Gasteiger partial charge in [0.05, 0.1) is 0 Å². The van der Waals surface area contributed by atoms with E-state index in [0.717, 1.165) is 6.92 Å². The van der Waals surface area contributed by atoms with Gasteiger partial charge in [-0.1, -0.05) is 0 Å². The van der Waals surface area contributed by atoms with E-state index in [4.69, 9.17) is 15.0 Å². The fraction of sp³-hybridized carbons (Fsp3) is 0.800. The fourth-order valence-electron chi connectivity index (χ4n) is 0. The van der Waals surface area contributed by atoms with Crippen molar-refractivity contribution in [2.24, 2.45) is 0 Å². The molecule has 0 aliphatic carbocycles. The van der Waals surface area contributed by atoms with Crippen LogP contribution in [0.2, 0.25) is 0 Å². The van der Waals surface area contributed by atoms with Gasteiger partial charge in [-0.15, -0.1) is 0 Å². The van der Waals surface area contributed by atoms with Gasteiger partial charge in [-0.25, -0.2) is 0 Å². The van der Waals surface area contributed by atoms with Crippen molar-refractivity contribution in [3.8, 4) is 0 Å². The molecular weight excluding hydrogens is 258 g/mol. The van der Waals surface area contributed by atoms with Crippen LogP contribution in [0.5, 0.6) is 0 Å². The van der Waals surface area contributed by atoms with E-state index >= 15 is 0 Å². The van der Waals surface area contributed by atoms with Crippen LogP contribution < -0.4 is 53.5 Å². The zero-order chi connectivity index (χ0) is 7.15. The maximum absolute atomic E-state index is 9.00. The molecule has 0 spiro atoms. The topological polar surface area (TPSA) is 57.5 Å². The van der Waals surface area contributed by atoms with Crippen LogP contribution in [-0.4, -0.2) is 22.3 Å². The van der Waals surface area contributed by atoms with Crippen molar-refractivity contribution in [1.29, 1.82) is 0 Å². The Morgan fingerprint density at radius 2 is 1.40 bits per heavy atom. The Kier molecular flexibility index (Phi) is 37.4. The van der Waals surface area contributed by atoms with Gasteiger partial charge < -0.3 is 34.2 Å². The molecular formula is C5H12INaO3. The number of halogens is 1. The molecule has 0 aromatic heterocycles. The number of hydrogen-bond donors (Lipinski definition) is 2. The number of rotatable bonds is 0. The molecule has 10 heavy (non-hydrogen) atoms. The Morgan fingerprint density at radius 3 is 1.40 bits per heavy atom. The van der Waals surface area contributed by atoms with Crippen LogP contribution in [0.4, 0.5) is 0 Å². The van der Waals surface area contributed by atoms with Crippen LogP contribution in [0.3, 0.4) is 0 Å². The zero-order valence-corrected chi connectivity index (χ0v) is 10.9. The number of aliphatic hydroxyl groups is 1. The van der Waals surface area contributed by atoms with E-state index in [1.54, 1.807) is 13.8 Å². The first-order valence-corrected chi connectivity index (χ1v) is 2.34. The van der Waals surface area contributed by atoms with Gasteiger partial charge in [0, 0.05) is 13.0 Å². The third-order valence-corrected chi connectivity index (χ3v) is 0. The number of carboxylic acids is 1. The molecule has 0 fully saturated rings. The first kappa shape index (κ1) is 22.5. The summed E-state index contributed by atoms with van der Waals surface area (Å²) in [5.41, 5.74) is 0. The minimum atomic E-state index is -0.833. The Balaban J connectivity index is -0.0000000300. The van der Waals surface area contributed by atoms with Crippen molar-refractivity contribution < 1.29 is 68.5 Å². The Morgan fingerprint density at radius 1 is 1.40 bits per heavy atom. The first-order valence-electron chi connectivity index (χ1n) is 2.34. The van der Waals surface area contributed by atoms with E-state index in [-0.39, 0.29) is 59.6 Å². The Hall–Kier alpha value is 1.16. The van der Waals surface area contributed by atoms with Crippen molar-refractivity contribution in [2.45, 2.75) is 26.9 Å². The van der Waals surface area contributed by atoms with Gasteiger partial charge in [0.1, 0.15) is 0 Å². The molecule has 0 bridgehead atoms. The smallest absolute Gasteiger partial charge is 1.00 e. The van der Waals surface area contributed by atoms with E-state index in [0.29, 0.717) is 0 Å². The second kappa shape index (κ2) is 16.6. The quantitative estimate of drug-likeness (QED) is 0.341. The summed E-state index contributed by atoms with van der Waals surface area (Å²) in [5, 5.41) is 15.5. The van der Waals surface area contributed by atoms with Gasteiger partial charge in [0.2, 0.25) is 0 Å². The van der Waals surface area contributed by atoms with Crippen LogP contribution in [0.15, 0.2) is 0 Å². The number of carbonyl (C=O) groups is 1. The van der Waals surface area contributed by atoms with Crippen LogP contribution in [0.1, 0.15) is 20.8 Å². The molecule has 0 amide bonds. The van der Waals surface area contributed by atoms with Crippen molar-refractivity contribution in [2.75, 3.05) is 0 Å². The second-order valence-corrected chi connectivity index (χ2v) is 1.61. The van der Waals surface area contributed by atoms with Crippen molar-refractivity contribution >= 4 is 5.97 Å². The average Bonchev–Trinajstić information content (AvgIpc) is 1.25. The first-order chi connectivity index (χ1) is 3.46. The molecule has 2 N–H and O–H groups in total. The summed E-state index contributed by atoms with van der Waals surface area (Å²) in [5.74, 6) is -0.833. The summed E-state index contributed by atoms with van der Waals surface area (Å²) in [6.45, 7) is 4.53. The maximum Gasteiger partial charge on any atom is 1.00 e. The predicted octanol–water partition coefficient (Wildman–Crippen LogP) is -5.51. The average molecular weight is 270 g/mol. The minimum absolute atomic E-state index is 0. The van der Waals surface area contributed by atoms with Crippen LogP contribution in [-0.2, 0) is 4.79 Å². The van der Waals surface area contributed by atoms with Gasteiger partial charge in [0.25, 0.3) is 5.97 Å². The monoisotopic (exact) mass is 270 g/mol. The van der Waals surface area contributed by atoms with Gasteiger partial charge >= 0.3 is 29.6 Å². The Bertz CT molecular complexity index is 61.2. The van der Waals surface area contributed by atoms with E-state index in [9.17, 15) is 0 Å². The largest absolute Gasteiger partial charge is 1.00 e. The molecule has 0 aliphatic rings. The summed E-state index contributed by atoms with van der Waals surface area (Å²) in [6.07, 6.45) is -0.167. The minimum Gasteiger partial charge on any atom is -1.00 e. The fourth-order valence-corrected chi connectivity index (χ4v) is 0. The summed E-state index contributed by atoms with van der Waals surface area (Å²) in [6, 6.07) is 0. The van der Waals surface area contributed by atoms with Crippen LogP contribution in [0.25, 0.3) is 0 Å². The van der Waals surface area contributed by atoms with Crippen molar-refractivity contribution in [3.63, 3.8) is 0 Å². The summed E-state index contributed by atoms with van der Waals surface area (Å²) in [7, 11) is 0. The van der Waals surface area contributed by atoms with E-state index in [1.807, 2.05) is 0 Å². The molecule has 3 nitrogen and oxygen atoms in total. The molecule has 0 aromatic rings. The molecule has 58 valence electrons. The van der Waals surface area contributed by atoms with Gasteiger partial charge in [-0.3, -0.25) is 4.79 Å². The summed E-state index contributed by atoms with van der Waals surface area (Å²) in [4.78, 5) is 9.00. The number of aliphatic hydroxyl groups excluding tert-OH is 1. The molecule has 0 unspecified atom stereocenters. The summed E-state index contributed by atoms with van der Waals surface area (Å²) >= 11 is 0. The summed E-state index contributed by atoms with van der Waals surface area (Å²) < 4.78 is 0.